The number of Topliss-reactive ketones (excluding diaryl/α,β-unsaturated/α-hetero) is 1. The predicted molar refractivity (Wildman–Crippen MR) is 88.7 cm³/mol. The second-order valence-corrected chi connectivity index (χ2v) is 5.82. The van der Waals surface area contributed by atoms with Crippen LogP contribution in [0.2, 0.25) is 0 Å². The van der Waals surface area contributed by atoms with Gasteiger partial charge in [0.2, 0.25) is 0 Å². The molecular formula is C18H15N3O3. The lowest BCUT2D eigenvalue weighted by molar-refractivity contribution is 0.102. The second kappa shape index (κ2) is 5.78. The zero-order valence-electron chi connectivity index (χ0n) is 13.4. The number of hydrogen-bond donors (Lipinski definition) is 0. The molecule has 0 radical (unpaired) electrons. The van der Waals surface area contributed by atoms with Crippen LogP contribution in [0.4, 0.5) is 0 Å². The quantitative estimate of drug-likeness (QED) is 0.738. The van der Waals surface area contributed by atoms with E-state index in [0.29, 0.717) is 35.1 Å². The number of ketones is 1. The Hall–Kier alpha value is -3.20. The lowest BCUT2D eigenvalue weighted by Crippen LogP contribution is -2.37. The zero-order chi connectivity index (χ0) is 17.4. The van der Waals surface area contributed by atoms with Crippen molar-refractivity contribution in [3.63, 3.8) is 0 Å². The van der Waals surface area contributed by atoms with Crippen molar-refractivity contribution in [3.05, 3.63) is 73.1 Å². The highest BCUT2D eigenvalue weighted by Gasteiger charge is 2.22. The molecule has 0 fully saturated rings. The SMILES string of the molecule is Cn1cc(/C=C2/CCc3cc(C#N)ccc3C2=O)c(=O)n(C)c1=O. The molecule has 120 valence electrons. The minimum Gasteiger partial charge on any atom is -0.303 e. The van der Waals surface area contributed by atoms with Gasteiger partial charge in [-0.05, 0) is 42.7 Å². The third-order valence-electron chi connectivity index (χ3n) is 4.24. The maximum absolute atomic E-state index is 12.6. The number of hydrogen-bond acceptors (Lipinski definition) is 4. The van der Waals surface area contributed by atoms with Crippen molar-refractivity contribution in [2.45, 2.75) is 12.8 Å². The second-order valence-electron chi connectivity index (χ2n) is 5.82. The van der Waals surface area contributed by atoms with Gasteiger partial charge in [-0.3, -0.25) is 14.2 Å². The van der Waals surface area contributed by atoms with Gasteiger partial charge >= 0.3 is 5.69 Å². The molecule has 2 aromatic rings. The summed E-state index contributed by atoms with van der Waals surface area (Å²) in [6.07, 6.45) is 4.13. The van der Waals surface area contributed by atoms with Gasteiger partial charge in [-0.1, -0.05) is 0 Å². The molecule has 1 heterocycles. The van der Waals surface area contributed by atoms with Crippen molar-refractivity contribution in [3.8, 4) is 6.07 Å². The van der Waals surface area contributed by atoms with E-state index in [9.17, 15) is 14.4 Å². The topological polar surface area (TPSA) is 84.9 Å². The number of carbonyl (C=O) groups excluding carboxylic acids is 1. The van der Waals surface area contributed by atoms with Crippen LogP contribution in [-0.2, 0) is 20.5 Å². The molecule has 0 amide bonds. The molecule has 0 bridgehead atoms. The first-order valence-corrected chi connectivity index (χ1v) is 7.47. The Labute approximate surface area is 137 Å². The summed E-state index contributed by atoms with van der Waals surface area (Å²) < 4.78 is 2.33. The summed E-state index contributed by atoms with van der Waals surface area (Å²) in [4.78, 5) is 36.6. The molecule has 0 spiro atoms. The molecule has 0 unspecified atom stereocenters. The van der Waals surface area contributed by atoms with E-state index in [-0.39, 0.29) is 5.78 Å². The third kappa shape index (κ3) is 2.50. The van der Waals surface area contributed by atoms with Crippen LogP contribution < -0.4 is 11.2 Å². The molecule has 24 heavy (non-hydrogen) atoms. The molecule has 0 saturated carbocycles. The number of nitrogens with zero attached hydrogens (tertiary/aromatic N) is 3. The average Bonchev–Trinajstić information content (AvgIpc) is 2.59. The molecule has 0 N–H and O–H groups in total. The lowest BCUT2D eigenvalue weighted by Gasteiger charge is -2.17. The fraction of sp³-hybridized carbons (Fsp3) is 0.222. The first-order valence-electron chi connectivity index (χ1n) is 7.47. The Bertz CT molecular complexity index is 1050. The first-order chi connectivity index (χ1) is 11.4. The summed E-state index contributed by atoms with van der Waals surface area (Å²) in [6, 6.07) is 7.07. The molecule has 0 saturated heterocycles. The molecule has 1 aromatic heterocycles. The van der Waals surface area contributed by atoms with Crippen LogP contribution in [-0.4, -0.2) is 14.9 Å². The summed E-state index contributed by atoms with van der Waals surface area (Å²) in [7, 11) is 2.97. The van der Waals surface area contributed by atoms with E-state index in [2.05, 4.69) is 6.07 Å². The van der Waals surface area contributed by atoms with E-state index in [1.54, 1.807) is 31.3 Å². The Morgan fingerprint density at radius 2 is 1.92 bits per heavy atom. The fourth-order valence-electron chi connectivity index (χ4n) is 2.91. The molecule has 6 heteroatoms. The molecule has 0 atom stereocenters. The van der Waals surface area contributed by atoms with Crippen LogP contribution in [0, 0.1) is 11.3 Å². The number of allylic oxidation sites excluding steroid dienone is 1. The molecule has 6 nitrogen and oxygen atoms in total. The number of aryl methyl sites for hydroxylation is 2. The van der Waals surface area contributed by atoms with Gasteiger partial charge in [0, 0.05) is 31.4 Å². The molecule has 1 aliphatic carbocycles. The van der Waals surface area contributed by atoms with Crippen LogP contribution in [0.3, 0.4) is 0 Å². The molecule has 0 aliphatic heterocycles. The largest absolute Gasteiger partial charge is 0.330 e. The number of rotatable bonds is 1. The van der Waals surface area contributed by atoms with Crippen molar-refractivity contribution in [1.29, 1.82) is 5.26 Å². The van der Waals surface area contributed by atoms with Gasteiger partial charge in [-0.25, -0.2) is 4.79 Å². The Balaban J connectivity index is 2.08. The van der Waals surface area contributed by atoms with Gasteiger partial charge < -0.3 is 4.57 Å². The maximum Gasteiger partial charge on any atom is 0.330 e. The highest BCUT2D eigenvalue weighted by molar-refractivity contribution is 6.13. The summed E-state index contributed by atoms with van der Waals surface area (Å²) in [5.74, 6) is -0.142. The number of aromatic nitrogens is 2. The number of nitriles is 1. The fourth-order valence-corrected chi connectivity index (χ4v) is 2.91. The third-order valence-corrected chi connectivity index (χ3v) is 4.24. The maximum atomic E-state index is 12.6. The first kappa shape index (κ1) is 15.7. The van der Waals surface area contributed by atoms with E-state index in [0.717, 1.165) is 10.1 Å². The Morgan fingerprint density at radius 1 is 1.17 bits per heavy atom. The van der Waals surface area contributed by atoms with Gasteiger partial charge in [0.05, 0.1) is 17.2 Å². The number of fused-ring (bicyclic) bond motifs is 1. The summed E-state index contributed by atoms with van der Waals surface area (Å²) in [5, 5.41) is 8.95. The summed E-state index contributed by atoms with van der Waals surface area (Å²) in [5.41, 5.74) is 1.94. The lowest BCUT2D eigenvalue weighted by atomic mass is 9.85. The predicted octanol–water partition coefficient (Wildman–Crippen LogP) is 1.17. The highest BCUT2D eigenvalue weighted by atomic mass is 16.2. The van der Waals surface area contributed by atoms with Crippen molar-refractivity contribution in [2.75, 3.05) is 0 Å². The minimum absolute atomic E-state index is 0.142. The number of carbonyl (C=O) groups is 1. The summed E-state index contributed by atoms with van der Waals surface area (Å²) >= 11 is 0. The van der Waals surface area contributed by atoms with Crippen LogP contribution in [0.15, 0.2) is 39.6 Å². The normalized spacial score (nSPS) is 15.2. The van der Waals surface area contributed by atoms with Gasteiger partial charge in [-0.2, -0.15) is 5.26 Å². The van der Waals surface area contributed by atoms with E-state index < -0.39 is 11.2 Å². The average molecular weight is 321 g/mol. The van der Waals surface area contributed by atoms with Gasteiger partial charge in [0.15, 0.2) is 5.78 Å². The minimum atomic E-state index is -0.427. The molecule has 3 rings (SSSR count). The van der Waals surface area contributed by atoms with E-state index in [4.69, 9.17) is 5.26 Å². The smallest absolute Gasteiger partial charge is 0.303 e. The van der Waals surface area contributed by atoms with E-state index >= 15 is 0 Å². The standard InChI is InChI=1S/C18H15N3O3/c1-20-10-14(17(23)21(2)18(20)24)8-13-5-4-12-7-11(9-19)3-6-15(12)16(13)22/h3,6-8,10H,4-5H2,1-2H3/b13-8-. The van der Waals surface area contributed by atoms with Crippen LogP contribution in [0.5, 0.6) is 0 Å². The van der Waals surface area contributed by atoms with Crippen LogP contribution in [0.1, 0.15) is 33.5 Å². The van der Waals surface area contributed by atoms with Crippen molar-refractivity contribution in [1.82, 2.24) is 9.13 Å². The Kier molecular flexibility index (Phi) is 3.78. The molecule has 1 aliphatic rings. The molecule has 1 aromatic carbocycles. The summed E-state index contributed by atoms with van der Waals surface area (Å²) in [6.45, 7) is 0. The van der Waals surface area contributed by atoms with Crippen LogP contribution in [0.25, 0.3) is 6.08 Å². The van der Waals surface area contributed by atoms with Gasteiger partial charge in [0.1, 0.15) is 0 Å². The van der Waals surface area contributed by atoms with Crippen molar-refractivity contribution < 1.29 is 4.79 Å². The monoisotopic (exact) mass is 321 g/mol. The number of benzene rings is 1. The van der Waals surface area contributed by atoms with Crippen LogP contribution >= 0.6 is 0 Å². The highest BCUT2D eigenvalue weighted by Crippen LogP contribution is 2.26. The molecular weight excluding hydrogens is 306 g/mol. The van der Waals surface area contributed by atoms with Gasteiger partial charge in [-0.15, -0.1) is 0 Å². The van der Waals surface area contributed by atoms with Crippen molar-refractivity contribution >= 4 is 11.9 Å². The zero-order valence-corrected chi connectivity index (χ0v) is 13.4. The van der Waals surface area contributed by atoms with E-state index in [1.165, 1.54) is 17.8 Å². The van der Waals surface area contributed by atoms with Gasteiger partial charge in [0.25, 0.3) is 5.56 Å². The Morgan fingerprint density at radius 3 is 2.62 bits per heavy atom. The van der Waals surface area contributed by atoms with E-state index in [1.807, 2.05) is 0 Å². The van der Waals surface area contributed by atoms with Crippen molar-refractivity contribution in [2.24, 2.45) is 14.1 Å².